The van der Waals surface area contributed by atoms with Crippen molar-refractivity contribution in [3.05, 3.63) is 76.5 Å². The fourth-order valence-electron chi connectivity index (χ4n) is 5.61. The maximum absolute atomic E-state index is 13.8. The first-order chi connectivity index (χ1) is 18.8. The molecule has 2 fully saturated rings. The van der Waals surface area contributed by atoms with Crippen molar-refractivity contribution in [2.45, 2.75) is 70.5 Å². The van der Waals surface area contributed by atoms with Crippen LogP contribution >= 0.6 is 11.6 Å². The number of nitrogens with zero attached hydrogens (tertiary/aromatic N) is 5. The first kappa shape index (κ1) is 25.6. The molecule has 0 amide bonds. The summed E-state index contributed by atoms with van der Waals surface area (Å²) in [6, 6.07) is 12.8. The van der Waals surface area contributed by atoms with Crippen LogP contribution in [0.4, 0.5) is 15.8 Å². The minimum atomic E-state index is -0.382. The molecule has 2 atom stereocenters. The van der Waals surface area contributed by atoms with E-state index in [1.165, 1.54) is 18.6 Å². The molecule has 0 radical (unpaired) electrons. The first-order valence-corrected chi connectivity index (χ1v) is 13.9. The summed E-state index contributed by atoms with van der Waals surface area (Å²) < 4.78 is 15.7. The second-order valence-electron chi connectivity index (χ2n) is 11.4. The van der Waals surface area contributed by atoms with Crippen molar-refractivity contribution in [3.8, 4) is 6.07 Å². The molecule has 6 rings (SSSR count). The van der Waals surface area contributed by atoms with E-state index in [1.807, 2.05) is 23.0 Å². The average Bonchev–Trinajstić information content (AvgIpc) is 3.66. The summed E-state index contributed by atoms with van der Waals surface area (Å²) in [5, 5.41) is 27.3. The lowest BCUT2D eigenvalue weighted by Gasteiger charge is -2.40. The monoisotopic (exact) mass is 543 g/mol. The quantitative estimate of drug-likeness (QED) is 0.252. The molecular weight excluding hydrogens is 513 g/mol. The highest BCUT2D eigenvalue weighted by molar-refractivity contribution is 6.35. The van der Waals surface area contributed by atoms with Gasteiger partial charge in [0, 0.05) is 23.3 Å². The van der Waals surface area contributed by atoms with Crippen LogP contribution in [0.3, 0.4) is 0 Å². The second kappa shape index (κ2) is 10.1. The molecule has 2 heterocycles. The fourth-order valence-corrected chi connectivity index (χ4v) is 5.88. The third kappa shape index (κ3) is 5.16. The third-order valence-corrected chi connectivity index (χ3v) is 8.42. The summed E-state index contributed by atoms with van der Waals surface area (Å²) in [7, 11) is 0. The molecule has 0 spiro atoms. The number of hydrogen-bond acceptors (Lipinski definition) is 6. The number of fused-ring (bicyclic) bond motifs is 1. The number of benzene rings is 2. The lowest BCUT2D eigenvalue weighted by Crippen LogP contribution is -2.39. The van der Waals surface area contributed by atoms with E-state index in [1.54, 1.807) is 18.3 Å². The van der Waals surface area contributed by atoms with Crippen LogP contribution in [-0.4, -0.2) is 26.0 Å². The highest BCUT2D eigenvalue weighted by atomic mass is 35.5. The van der Waals surface area contributed by atoms with Crippen LogP contribution in [-0.2, 0) is 0 Å². The maximum Gasteiger partial charge on any atom is 0.123 e. The zero-order chi connectivity index (χ0) is 27.1. The van der Waals surface area contributed by atoms with Gasteiger partial charge in [0.15, 0.2) is 0 Å². The van der Waals surface area contributed by atoms with Gasteiger partial charge in [0.25, 0.3) is 0 Å². The number of hydrogen-bond donors (Lipinski definition) is 2. The molecule has 2 aromatic heterocycles. The number of rotatable bonds is 7. The van der Waals surface area contributed by atoms with Gasteiger partial charge < -0.3 is 10.6 Å². The molecule has 7 nitrogen and oxygen atoms in total. The van der Waals surface area contributed by atoms with Crippen LogP contribution in [0.25, 0.3) is 10.9 Å². The molecule has 1 unspecified atom stereocenters. The van der Waals surface area contributed by atoms with Crippen LogP contribution in [0.5, 0.6) is 0 Å². The summed E-state index contributed by atoms with van der Waals surface area (Å²) in [6.45, 7) is 4.56. The molecular formula is C30H31ClFN7. The summed E-state index contributed by atoms with van der Waals surface area (Å²) in [4.78, 5) is 4.53. The Hall–Kier alpha value is -3.70. The standard InChI is InChI=1S/C30H31ClFN7/c1-30(2)12-4-3-5-26(30)36-27-19(15-33)16-34-29-23(27)13-21(14-24(29)31)35-28(18-6-8-20(32)9-7-18)25-17-39(38-37-25)22-10-11-22/h6-9,13-14,16-17,22,26,28,35H,3-5,10-12H2,1-2H3,(H,34,36)/t26-,28?/m0/s1. The number of halogens is 2. The molecule has 0 bridgehead atoms. The molecule has 2 aliphatic rings. The lowest BCUT2D eigenvalue weighted by atomic mass is 9.73. The highest BCUT2D eigenvalue weighted by Gasteiger charge is 2.33. The van der Waals surface area contributed by atoms with E-state index >= 15 is 0 Å². The van der Waals surface area contributed by atoms with E-state index in [4.69, 9.17) is 11.6 Å². The largest absolute Gasteiger partial charge is 0.380 e. The third-order valence-electron chi connectivity index (χ3n) is 8.13. The van der Waals surface area contributed by atoms with Crippen molar-refractivity contribution < 1.29 is 4.39 Å². The zero-order valence-corrected chi connectivity index (χ0v) is 22.8. The molecule has 2 aromatic carbocycles. The van der Waals surface area contributed by atoms with Crippen LogP contribution < -0.4 is 10.6 Å². The Labute approximate surface area is 232 Å². The molecule has 2 N–H and O–H groups in total. The Kier molecular flexibility index (Phi) is 6.64. The first-order valence-electron chi connectivity index (χ1n) is 13.5. The minimum Gasteiger partial charge on any atom is -0.380 e. The summed E-state index contributed by atoms with van der Waals surface area (Å²) in [6.07, 6.45) is 10.3. The van der Waals surface area contributed by atoms with E-state index in [-0.39, 0.29) is 23.3 Å². The van der Waals surface area contributed by atoms with Gasteiger partial charge in [-0.3, -0.25) is 4.98 Å². The number of aromatic nitrogens is 4. The molecule has 2 saturated carbocycles. The predicted octanol–water partition coefficient (Wildman–Crippen LogP) is 7.41. The molecule has 2 aliphatic carbocycles. The van der Waals surface area contributed by atoms with E-state index in [0.29, 0.717) is 22.1 Å². The molecule has 4 aromatic rings. The van der Waals surface area contributed by atoms with Crippen molar-refractivity contribution in [1.82, 2.24) is 20.0 Å². The minimum absolute atomic E-state index is 0.0985. The van der Waals surface area contributed by atoms with Gasteiger partial charge in [0.2, 0.25) is 0 Å². The van der Waals surface area contributed by atoms with Crippen molar-refractivity contribution >= 4 is 33.9 Å². The van der Waals surface area contributed by atoms with Crippen molar-refractivity contribution in [3.63, 3.8) is 0 Å². The Balaban J connectivity index is 1.42. The normalized spacial score (nSPS) is 19.4. The molecule has 0 saturated heterocycles. The van der Waals surface area contributed by atoms with Crippen LogP contribution in [0.15, 0.2) is 48.8 Å². The highest BCUT2D eigenvalue weighted by Crippen LogP contribution is 2.41. The zero-order valence-electron chi connectivity index (χ0n) is 22.1. The smallest absolute Gasteiger partial charge is 0.123 e. The summed E-state index contributed by atoms with van der Waals surface area (Å²) in [5.41, 5.74) is 4.30. The van der Waals surface area contributed by atoms with Crippen LogP contribution in [0.2, 0.25) is 5.02 Å². The van der Waals surface area contributed by atoms with Crippen LogP contribution in [0.1, 0.15) is 81.3 Å². The van der Waals surface area contributed by atoms with Crippen molar-refractivity contribution in [2.75, 3.05) is 10.6 Å². The van der Waals surface area contributed by atoms with Gasteiger partial charge in [-0.15, -0.1) is 5.10 Å². The van der Waals surface area contributed by atoms with Gasteiger partial charge in [-0.1, -0.05) is 55.6 Å². The number of nitrogens with one attached hydrogen (secondary N) is 2. The van der Waals surface area contributed by atoms with Gasteiger partial charge in [0.1, 0.15) is 17.6 Å². The summed E-state index contributed by atoms with van der Waals surface area (Å²) >= 11 is 6.78. The molecule has 0 aliphatic heterocycles. The van der Waals surface area contributed by atoms with Crippen molar-refractivity contribution in [1.29, 1.82) is 5.26 Å². The van der Waals surface area contributed by atoms with E-state index in [9.17, 15) is 9.65 Å². The molecule has 200 valence electrons. The van der Waals surface area contributed by atoms with Gasteiger partial charge in [0.05, 0.1) is 40.1 Å². The second-order valence-corrected chi connectivity index (χ2v) is 11.8. The number of pyridine rings is 1. The Morgan fingerprint density at radius 1 is 1.15 bits per heavy atom. The van der Waals surface area contributed by atoms with E-state index < -0.39 is 0 Å². The van der Waals surface area contributed by atoms with E-state index in [2.05, 4.69) is 45.8 Å². The Morgan fingerprint density at radius 2 is 1.95 bits per heavy atom. The fraction of sp³-hybridized carbons (Fsp3) is 0.400. The van der Waals surface area contributed by atoms with Gasteiger partial charge in [-0.05, 0) is 60.9 Å². The SMILES string of the molecule is CC1(C)CCCC[C@@H]1Nc1c(C#N)cnc2c(Cl)cc(NC(c3ccc(F)cc3)c3cn(C4CC4)nn3)cc12. The predicted molar refractivity (Wildman–Crippen MR) is 151 cm³/mol. The maximum atomic E-state index is 13.8. The van der Waals surface area contributed by atoms with Gasteiger partial charge >= 0.3 is 0 Å². The molecule has 39 heavy (non-hydrogen) atoms. The lowest BCUT2D eigenvalue weighted by molar-refractivity contribution is 0.217. The van der Waals surface area contributed by atoms with E-state index in [0.717, 1.165) is 60.1 Å². The average molecular weight is 544 g/mol. The van der Waals surface area contributed by atoms with Gasteiger partial charge in [-0.25, -0.2) is 9.07 Å². The Morgan fingerprint density at radius 3 is 2.67 bits per heavy atom. The summed E-state index contributed by atoms with van der Waals surface area (Å²) in [5.74, 6) is -0.302. The van der Waals surface area contributed by atoms with Crippen molar-refractivity contribution in [2.24, 2.45) is 5.41 Å². The number of nitriles is 1. The van der Waals surface area contributed by atoms with Gasteiger partial charge in [-0.2, -0.15) is 5.26 Å². The Bertz CT molecular complexity index is 1550. The van der Waals surface area contributed by atoms with Crippen LogP contribution in [0, 0.1) is 22.6 Å². The number of anilines is 2. The topological polar surface area (TPSA) is 91.5 Å². The molecule has 9 heteroatoms.